The smallest absolute Gasteiger partial charge is 0.218 e. The van der Waals surface area contributed by atoms with Crippen molar-refractivity contribution < 1.29 is 4.74 Å². The SMILES string of the molecule is CCOc1cc(N2CCC(NC)C2)ncn1. The highest BCUT2D eigenvalue weighted by Gasteiger charge is 2.22. The maximum atomic E-state index is 5.37. The number of hydrogen-bond donors (Lipinski definition) is 1. The molecule has 5 heteroatoms. The van der Waals surface area contributed by atoms with Gasteiger partial charge in [0.2, 0.25) is 5.88 Å². The summed E-state index contributed by atoms with van der Waals surface area (Å²) in [4.78, 5) is 10.6. The fourth-order valence-electron chi connectivity index (χ4n) is 1.93. The molecule has 16 heavy (non-hydrogen) atoms. The first-order valence-corrected chi connectivity index (χ1v) is 5.70. The molecule has 0 aliphatic carbocycles. The van der Waals surface area contributed by atoms with Crippen molar-refractivity contribution in [2.24, 2.45) is 0 Å². The van der Waals surface area contributed by atoms with Gasteiger partial charge in [-0.25, -0.2) is 9.97 Å². The first kappa shape index (κ1) is 11.1. The zero-order valence-electron chi connectivity index (χ0n) is 9.81. The molecule has 0 radical (unpaired) electrons. The van der Waals surface area contributed by atoms with Crippen molar-refractivity contribution >= 4 is 5.82 Å². The molecule has 1 aliphatic rings. The van der Waals surface area contributed by atoms with Crippen molar-refractivity contribution in [3.63, 3.8) is 0 Å². The summed E-state index contributed by atoms with van der Waals surface area (Å²) in [7, 11) is 2.00. The average molecular weight is 222 g/mol. The van der Waals surface area contributed by atoms with Crippen LogP contribution in [0.5, 0.6) is 5.88 Å². The van der Waals surface area contributed by atoms with E-state index in [1.807, 2.05) is 20.0 Å². The Kier molecular flexibility index (Phi) is 3.56. The minimum Gasteiger partial charge on any atom is -0.478 e. The quantitative estimate of drug-likeness (QED) is 0.811. The van der Waals surface area contributed by atoms with E-state index in [-0.39, 0.29) is 0 Å². The van der Waals surface area contributed by atoms with E-state index in [4.69, 9.17) is 4.74 Å². The number of ether oxygens (including phenoxy) is 1. The first-order valence-electron chi connectivity index (χ1n) is 5.70. The largest absolute Gasteiger partial charge is 0.478 e. The summed E-state index contributed by atoms with van der Waals surface area (Å²) in [5.41, 5.74) is 0. The van der Waals surface area contributed by atoms with Gasteiger partial charge in [-0.2, -0.15) is 0 Å². The van der Waals surface area contributed by atoms with Gasteiger partial charge in [-0.3, -0.25) is 0 Å². The van der Waals surface area contributed by atoms with E-state index in [1.54, 1.807) is 6.33 Å². The van der Waals surface area contributed by atoms with Gasteiger partial charge in [0.05, 0.1) is 6.61 Å². The molecule has 1 atom stereocenters. The van der Waals surface area contributed by atoms with Crippen LogP contribution in [0.4, 0.5) is 5.82 Å². The summed E-state index contributed by atoms with van der Waals surface area (Å²) in [5, 5.41) is 3.29. The van der Waals surface area contributed by atoms with E-state index in [9.17, 15) is 0 Å². The van der Waals surface area contributed by atoms with Crippen molar-refractivity contribution in [2.45, 2.75) is 19.4 Å². The second-order valence-corrected chi connectivity index (χ2v) is 3.87. The van der Waals surface area contributed by atoms with Crippen LogP contribution in [0.3, 0.4) is 0 Å². The average Bonchev–Trinajstić information content (AvgIpc) is 2.78. The van der Waals surface area contributed by atoms with Crippen molar-refractivity contribution in [2.75, 3.05) is 31.6 Å². The van der Waals surface area contributed by atoms with Crippen LogP contribution >= 0.6 is 0 Å². The molecule has 2 rings (SSSR count). The summed E-state index contributed by atoms with van der Waals surface area (Å²) < 4.78 is 5.37. The molecule has 0 spiro atoms. The number of aromatic nitrogens is 2. The second-order valence-electron chi connectivity index (χ2n) is 3.87. The molecular formula is C11H18N4O. The topological polar surface area (TPSA) is 50.3 Å². The second kappa shape index (κ2) is 5.12. The van der Waals surface area contributed by atoms with Crippen molar-refractivity contribution in [1.82, 2.24) is 15.3 Å². The van der Waals surface area contributed by atoms with Gasteiger partial charge < -0.3 is 15.0 Å². The Morgan fingerprint density at radius 3 is 3.12 bits per heavy atom. The lowest BCUT2D eigenvalue weighted by Crippen LogP contribution is -2.29. The van der Waals surface area contributed by atoms with Gasteiger partial charge in [-0.15, -0.1) is 0 Å². The third-order valence-corrected chi connectivity index (χ3v) is 2.84. The molecule has 1 saturated heterocycles. The van der Waals surface area contributed by atoms with Crippen LogP contribution in [0, 0.1) is 0 Å². The van der Waals surface area contributed by atoms with E-state index in [0.717, 1.165) is 25.3 Å². The van der Waals surface area contributed by atoms with Crippen LogP contribution in [-0.2, 0) is 0 Å². The lowest BCUT2D eigenvalue weighted by Gasteiger charge is -2.17. The molecule has 1 N–H and O–H groups in total. The molecule has 1 fully saturated rings. The van der Waals surface area contributed by atoms with Gasteiger partial charge in [-0.05, 0) is 20.4 Å². The minimum absolute atomic E-state index is 0.561. The number of nitrogens with one attached hydrogen (secondary N) is 1. The number of likely N-dealkylation sites (N-methyl/N-ethyl adjacent to an activating group) is 1. The highest BCUT2D eigenvalue weighted by atomic mass is 16.5. The van der Waals surface area contributed by atoms with Gasteiger partial charge in [0.25, 0.3) is 0 Å². The van der Waals surface area contributed by atoms with Gasteiger partial charge in [0, 0.05) is 25.2 Å². The monoisotopic (exact) mass is 222 g/mol. The van der Waals surface area contributed by atoms with Crippen molar-refractivity contribution in [3.05, 3.63) is 12.4 Å². The van der Waals surface area contributed by atoms with Crippen LogP contribution in [0.1, 0.15) is 13.3 Å². The van der Waals surface area contributed by atoms with Gasteiger partial charge in [0.15, 0.2) is 0 Å². The highest BCUT2D eigenvalue weighted by Crippen LogP contribution is 2.20. The molecule has 1 aromatic heterocycles. The zero-order chi connectivity index (χ0) is 11.4. The maximum absolute atomic E-state index is 5.37. The van der Waals surface area contributed by atoms with Crippen LogP contribution in [0.25, 0.3) is 0 Å². The fraction of sp³-hybridized carbons (Fsp3) is 0.636. The van der Waals surface area contributed by atoms with Crippen LogP contribution in [0.2, 0.25) is 0 Å². The van der Waals surface area contributed by atoms with E-state index in [1.165, 1.54) is 0 Å². The number of rotatable bonds is 4. The van der Waals surface area contributed by atoms with E-state index >= 15 is 0 Å². The van der Waals surface area contributed by atoms with Crippen molar-refractivity contribution in [1.29, 1.82) is 0 Å². The summed E-state index contributed by atoms with van der Waals surface area (Å²) in [5.74, 6) is 1.61. The lowest BCUT2D eigenvalue weighted by atomic mass is 10.3. The lowest BCUT2D eigenvalue weighted by molar-refractivity contribution is 0.326. The predicted octanol–water partition coefficient (Wildman–Crippen LogP) is 0.673. The van der Waals surface area contributed by atoms with Crippen LogP contribution in [-0.4, -0.2) is 42.8 Å². The summed E-state index contributed by atoms with van der Waals surface area (Å²) in [6, 6.07) is 2.46. The fourth-order valence-corrected chi connectivity index (χ4v) is 1.93. The Balaban J connectivity index is 2.06. The molecule has 0 aromatic carbocycles. The van der Waals surface area contributed by atoms with E-state index < -0.39 is 0 Å². The number of hydrogen-bond acceptors (Lipinski definition) is 5. The van der Waals surface area contributed by atoms with Gasteiger partial charge in [0.1, 0.15) is 12.1 Å². The molecule has 2 heterocycles. The van der Waals surface area contributed by atoms with E-state index in [0.29, 0.717) is 18.5 Å². The van der Waals surface area contributed by atoms with Crippen LogP contribution in [0.15, 0.2) is 12.4 Å². The van der Waals surface area contributed by atoms with Crippen molar-refractivity contribution in [3.8, 4) is 5.88 Å². The number of anilines is 1. The number of nitrogens with zero attached hydrogens (tertiary/aromatic N) is 3. The molecule has 88 valence electrons. The maximum Gasteiger partial charge on any atom is 0.218 e. The molecule has 1 aromatic rings. The summed E-state index contributed by atoms with van der Waals surface area (Å²) >= 11 is 0. The summed E-state index contributed by atoms with van der Waals surface area (Å²) in [6.45, 7) is 4.62. The normalized spacial score (nSPS) is 20.1. The zero-order valence-corrected chi connectivity index (χ0v) is 9.81. The Morgan fingerprint density at radius 2 is 2.44 bits per heavy atom. The Labute approximate surface area is 95.8 Å². The van der Waals surface area contributed by atoms with Crippen LogP contribution < -0.4 is 15.0 Å². The minimum atomic E-state index is 0.561. The molecule has 1 aliphatic heterocycles. The Morgan fingerprint density at radius 1 is 1.56 bits per heavy atom. The Hall–Kier alpha value is -1.36. The summed E-state index contributed by atoms with van der Waals surface area (Å²) in [6.07, 6.45) is 2.72. The molecule has 5 nitrogen and oxygen atoms in total. The third kappa shape index (κ3) is 2.41. The van der Waals surface area contributed by atoms with E-state index in [2.05, 4.69) is 20.2 Å². The molecule has 0 bridgehead atoms. The van der Waals surface area contributed by atoms with Gasteiger partial charge in [-0.1, -0.05) is 0 Å². The molecule has 0 amide bonds. The third-order valence-electron chi connectivity index (χ3n) is 2.84. The molecule has 1 unspecified atom stereocenters. The highest BCUT2D eigenvalue weighted by molar-refractivity contribution is 5.42. The molecular weight excluding hydrogens is 204 g/mol. The molecule has 0 saturated carbocycles. The standard InChI is InChI=1S/C11H18N4O/c1-3-16-11-6-10(13-8-14-11)15-5-4-9(7-15)12-2/h6,8-9,12H,3-5,7H2,1-2H3. The van der Waals surface area contributed by atoms with Gasteiger partial charge >= 0.3 is 0 Å². The predicted molar refractivity (Wildman–Crippen MR) is 62.9 cm³/mol. The first-order chi connectivity index (χ1) is 7.83. The Bertz CT molecular complexity index is 345.